The van der Waals surface area contributed by atoms with Crippen molar-refractivity contribution in [3.8, 4) is 6.07 Å². The Bertz CT molecular complexity index is 507. The maximum atomic E-state index is 11.9. The smallest absolute Gasteiger partial charge is 0.198 e. The van der Waals surface area contributed by atoms with Crippen molar-refractivity contribution in [1.29, 1.82) is 5.26 Å². The minimum absolute atomic E-state index is 0.122. The van der Waals surface area contributed by atoms with E-state index in [1.165, 1.54) is 6.08 Å². The molecule has 0 aliphatic heterocycles. The van der Waals surface area contributed by atoms with Gasteiger partial charge in [0.05, 0.1) is 0 Å². The molecule has 1 heterocycles. The molecule has 5 heteroatoms. The molecule has 0 bridgehead atoms. The molecule has 0 atom stereocenters. The lowest BCUT2D eigenvalue weighted by Gasteiger charge is -2.14. The Morgan fingerprint density at radius 1 is 1.56 bits per heavy atom. The molecule has 0 aliphatic carbocycles. The molecule has 4 nitrogen and oxygen atoms in total. The first-order valence-electron chi connectivity index (χ1n) is 5.35. The van der Waals surface area contributed by atoms with E-state index < -0.39 is 0 Å². The minimum Gasteiger partial charge on any atom is -0.322 e. The fourth-order valence-corrected chi connectivity index (χ4v) is 1.96. The maximum Gasteiger partial charge on any atom is 0.198 e. The largest absolute Gasteiger partial charge is 0.322 e. The normalized spacial score (nSPS) is 12.4. The Morgan fingerprint density at radius 3 is 2.78 bits per heavy atom. The van der Waals surface area contributed by atoms with Gasteiger partial charge in [-0.05, 0) is 30.5 Å². The number of nitrogens with zero attached hydrogens (tertiary/aromatic N) is 2. The van der Waals surface area contributed by atoms with E-state index in [1.807, 2.05) is 23.6 Å². The lowest BCUT2D eigenvalue weighted by atomic mass is 10.1. The molecular weight excluding hydrogens is 246 g/mol. The van der Waals surface area contributed by atoms with Gasteiger partial charge < -0.3 is 5.43 Å². The van der Waals surface area contributed by atoms with Crippen LogP contribution in [0.25, 0.3) is 6.08 Å². The van der Waals surface area contributed by atoms with E-state index >= 15 is 0 Å². The van der Waals surface area contributed by atoms with E-state index in [0.29, 0.717) is 5.70 Å². The summed E-state index contributed by atoms with van der Waals surface area (Å²) in [5, 5.41) is 12.6. The van der Waals surface area contributed by atoms with Crippen LogP contribution in [0.5, 0.6) is 0 Å². The number of carbonyl (C=O) groups is 1. The van der Waals surface area contributed by atoms with Gasteiger partial charge in [-0.2, -0.15) is 5.26 Å². The number of hydrogen-bond donors (Lipinski definition) is 1. The zero-order valence-corrected chi connectivity index (χ0v) is 11.4. The Hall–Kier alpha value is -1.90. The summed E-state index contributed by atoms with van der Waals surface area (Å²) in [5.74, 6) is -0.294. The summed E-state index contributed by atoms with van der Waals surface area (Å²) in [7, 11) is 3.59. The number of hydrogen-bond acceptors (Lipinski definition) is 5. The molecule has 18 heavy (non-hydrogen) atoms. The molecule has 0 spiro atoms. The summed E-state index contributed by atoms with van der Waals surface area (Å²) in [6.07, 6.45) is 3.14. The monoisotopic (exact) mass is 261 g/mol. The molecule has 0 amide bonds. The van der Waals surface area contributed by atoms with Crippen LogP contribution in [0.3, 0.4) is 0 Å². The molecule has 1 aromatic rings. The van der Waals surface area contributed by atoms with E-state index in [9.17, 15) is 4.79 Å². The van der Waals surface area contributed by atoms with Crippen LogP contribution in [0.4, 0.5) is 0 Å². The van der Waals surface area contributed by atoms with Gasteiger partial charge in [0.15, 0.2) is 5.78 Å². The highest BCUT2D eigenvalue weighted by molar-refractivity contribution is 7.10. The van der Waals surface area contributed by atoms with Crippen molar-refractivity contribution in [3.63, 3.8) is 0 Å². The van der Waals surface area contributed by atoms with E-state index in [0.717, 1.165) is 4.88 Å². The van der Waals surface area contributed by atoms with Crippen molar-refractivity contribution in [3.05, 3.63) is 39.7 Å². The fourth-order valence-electron chi connectivity index (χ4n) is 1.34. The number of allylic oxidation sites excluding steroid dienone is 3. The van der Waals surface area contributed by atoms with Crippen LogP contribution in [0.15, 0.2) is 34.9 Å². The zero-order chi connectivity index (χ0) is 13.5. The molecule has 0 aliphatic rings. The molecule has 0 fully saturated rings. The molecule has 0 radical (unpaired) electrons. The molecule has 0 aromatic carbocycles. The second kappa shape index (κ2) is 6.74. The van der Waals surface area contributed by atoms with Crippen LogP contribution in [-0.2, 0) is 4.79 Å². The Morgan fingerprint density at radius 2 is 2.28 bits per heavy atom. The number of ketones is 1. The summed E-state index contributed by atoms with van der Waals surface area (Å²) in [4.78, 5) is 12.9. The molecule has 0 saturated carbocycles. The van der Waals surface area contributed by atoms with E-state index in [2.05, 4.69) is 5.43 Å². The molecule has 94 valence electrons. The van der Waals surface area contributed by atoms with Crippen molar-refractivity contribution >= 4 is 23.2 Å². The summed E-state index contributed by atoms with van der Waals surface area (Å²) >= 11 is 1.54. The molecule has 1 N–H and O–H groups in total. The third kappa shape index (κ3) is 4.17. The first-order chi connectivity index (χ1) is 8.54. The average Bonchev–Trinajstić information content (AvgIpc) is 2.79. The highest BCUT2D eigenvalue weighted by Crippen LogP contribution is 2.11. The number of thiophene rings is 1. The van der Waals surface area contributed by atoms with Crippen molar-refractivity contribution in [2.24, 2.45) is 0 Å². The van der Waals surface area contributed by atoms with Crippen molar-refractivity contribution in [2.75, 3.05) is 14.1 Å². The number of carbonyl (C=O) groups excluding carboxylic acids is 1. The van der Waals surface area contributed by atoms with Crippen molar-refractivity contribution < 1.29 is 4.79 Å². The van der Waals surface area contributed by atoms with Gasteiger partial charge in [0.2, 0.25) is 0 Å². The predicted octanol–water partition coefficient (Wildman–Crippen LogP) is 2.19. The van der Waals surface area contributed by atoms with Crippen LogP contribution in [0.2, 0.25) is 0 Å². The Balaban J connectivity index is 2.84. The molecule has 0 unspecified atom stereocenters. The standard InChI is InChI=1S/C13H15N3OS/c1-10(15-16(2)3)12(9-14)13(17)7-6-11-5-4-8-18-11/h4-8,15H,1-3H3/b7-6+,12-10-. The first-order valence-corrected chi connectivity index (χ1v) is 6.23. The minimum atomic E-state index is -0.294. The van der Waals surface area contributed by atoms with E-state index in [4.69, 9.17) is 5.26 Å². The number of nitrogens with one attached hydrogen (secondary N) is 1. The van der Waals surface area contributed by atoms with Gasteiger partial charge in [-0.15, -0.1) is 11.3 Å². The Kier molecular flexibility index (Phi) is 5.31. The molecule has 1 rings (SSSR count). The van der Waals surface area contributed by atoms with Gasteiger partial charge in [0, 0.05) is 24.7 Å². The fraction of sp³-hybridized carbons (Fsp3) is 0.231. The molecule has 1 aromatic heterocycles. The van der Waals surface area contributed by atoms with E-state index in [-0.39, 0.29) is 11.4 Å². The van der Waals surface area contributed by atoms with E-state index in [1.54, 1.807) is 43.4 Å². The third-order valence-electron chi connectivity index (χ3n) is 2.07. The van der Waals surface area contributed by atoms with Gasteiger partial charge in [-0.3, -0.25) is 4.79 Å². The lowest BCUT2D eigenvalue weighted by molar-refractivity contribution is -0.111. The zero-order valence-electron chi connectivity index (χ0n) is 10.6. The van der Waals surface area contributed by atoms with Crippen LogP contribution >= 0.6 is 11.3 Å². The van der Waals surface area contributed by atoms with Gasteiger partial charge >= 0.3 is 0 Å². The Labute approximate surface area is 111 Å². The van der Waals surface area contributed by atoms with Crippen molar-refractivity contribution in [1.82, 2.24) is 10.4 Å². The summed E-state index contributed by atoms with van der Waals surface area (Å²) < 4.78 is 0. The molecular formula is C13H15N3OS. The first kappa shape index (κ1) is 14.2. The quantitative estimate of drug-likeness (QED) is 0.501. The second-order valence-electron chi connectivity index (χ2n) is 3.83. The second-order valence-corrected chi connectivity index (χ2v) is 4.81. The van der Waals surface area contributed by atoms with Gasteiger partial charge in [-0.1, -0.05) is 6.07 Å². The number of hydrazine groups is 1. The van der Waals surface area contributed by atoms with Crippen LogP contribution in [-0.4, -0.2) is 24.9 Å². The lowest BCUT2D eigenvalue weighted by Crippen LogP contribution is -2.30. The highest BCUT2D eigenvalue weighted by Gasteiger charge is 2.10. The van der Waals surface area contributed by atoms with Crippen LogP contribution < -0.4 is 5.43 Å². The summed E-state index contributed by atoms with van der Waals surface area (Å²) in [5.41, 5.74) is 3.57. The SMILES string of the molecule is C/C(NN(C)C)=C(\C#N)C(=O)/C=C/c1cccs1. The van der Waals surface area contributed by atoms with Crippen LogP contribution in [0.1, 0.15) is 11.8 Å². The van der Waals surface area contributed by atoms with Crippen LogP contribution in [0, 0.1) is 11.3 Å². The van der Waals surface area contributed by atoms with Gasteiger partial charge in [-0.25, -0.2) is 5.01 Å². The van der Waals surface area contributed by atoms with Crippen molar-refractivity contribution in [2.45, 2.75) is 6.92 Å². The summed E-state index contributed by atoms with van der Waals surface area (Å²) in [6, 6.07) is 5.75. The predicted molar refractivity (Wildman–Crippen MR) is 73.5 cm³/mol. The van der Waals surface area contributed by atoms with Gasteiger partial charge in [0.1, 0.15) is 11.6 Å². The van der Waals surface area contributed by atoms with Gasteiger partial charge in [0.25, 0.3) is 0 Å². The maximum absolute atomic E-state index is 11.9. The average molecular weight is 261 g/mol. The highest BCUT2D eigenvalue weighted by atomic mass is 32.1. The molecule has 0 saturated heterocycles. The summed E-state index contributed by atoms with van der Waals surface area (Å²) in [6.45, 7) is 1.70. The topological polar surface area (TPSA) is 56.1 Å². The number of nitriles is 1. The third-order valence-corrected chi connectivity index (χ3v) is 2.90. The number of rotatable bonds is 5.